The van der Waals surface area contributed by atoms with E-state index in [4.69, 9.17) is 11.0 Å². The third kappa shape index (κ3) is 2.27. The molecule has 0 saturated heterocycles. The van der Waals surface area contributed by atoms with E-state index in [9.17, 15) is 0 Å². The Morgan fingerprint density at radius 3 is 3.06 bits per heavy atom. The van der Waals surface area contributed by atoms with Crippen molar-refractivity contribution in [2.45, 2.75) is 6.54 Å². The number of nitrogens with zero attached hydrogens (tertiary/aromatic N) is 3. The van der Waals surface area contributed by atoms with E-state index in [1.54, 1.807) is 11.6 Å². The highest BCUT2D eigenvalue weighted by Gasteiger charge is 2.04. The average molecular weight is 231 g/mol. The van der Waals surface area contributed by atoms with Gasteiger partial charge in [0.2, 0.25) is 0 Å². The lowest BCUT2D eigenvalue weighted by Gasteiger charge is -2.05. The molecular weight excluding hydrogens is 222 g/mol. The minimum absolute atomic E-state index is 0.440. The number of nitrogen functional groups attached to an aromatic ring is 1. The van der Waals surface area contributed by atoms with Crippen molar-refractivity contribution in [3.05, 3.63) is 34.4 Å². The van der Waals surface area contributed by atoms with Crippen LogP contribution >= 0.6 is 11.3 Å². The summed E-state index contributed by atoms with van der Waals surface area (Å²) in [7, 11) is 0. The summed E-state index contributed by atoms with van der Waals surface area (Å²) < 4.78 is 0. The smallest absolute Gasteiger partial charge is 0.144 e. The summed E-state index contributed by atoms with van der Waals surface area (Å²) in [5.41, 5.74) is 9.15. The molecule has 0 aromatic carbocycles. The monoisotopic (exact) mass is 231 g/mol. The van der Waals surface area contributed by atoms with Crippen LogP contribution in [-0.4, -0.2) is 9.97 Å². The topological polar surface area (TPSA) is 87.6 Å². The van der Waals surface area contributed by atoms with Gasteiger partial charge in [0.1, 0.15) is 11.9 Å². The van der Waals surface area contributed by atoms with Crippen molar-refractivity contribution in [3.8, 4) is 6.07 Å². The number of nitriles is 1. The Kier molecular flexibility index (Phi) is 2.98. The molecule has 16 heavy (non-hydrogen) atoms. The molecule has 0 amide bonds. The van der Waals surface area contributed by atoms with Gasteiger partial charge in [-0.2, -0.15) is 5.26 Å². The molecule has 0 atom stereocenters. The molecule has 0 unspecified atom stereocenters. The predicted octanol–water partition coefficient (Wildman–Crippen LogP) is 1.60. The van der Waals surface area contributed by atoms with E-state index in [1.165, 1.54) is 17.5 Å². The van der Waals surface area contributed by atoms with E-state index < -0.39 is 0 Å². The van der Waals surface area contributed by atoms with Crippen LogP contribution < -0.4 is 11.1 Å². The first kappa shape index (κ1) is 10.4. The number of thiazole rings is 1. The van der Waals surface area contributed by atoms with Gasteiger partial charge in [-0.05, 0) is 6.07 Å². The molecule has 5 nitrogen and oxygen atoms in total. The van der Waals surface area contributed by atoms with Crippen LogP contribution in [0, 0.1) is 11.3 Å². The van der Waals surface area contributed by atoms with E-state index in [0.717, 1.165) is 5.69 Å². The standard InChI is InChI=1S/C10H9N5S/c11-2-7-1-8(12)3-13-10(7)14-4-9-5-16-6-15-9/h1,3,5-6H,4,12H2,(H,13,14). The third-order valence-corrected chi connectivity index (χ3v) is 2.58. The lowest BCUT2D eigenvalue weighted by Crippen LogP contribution is -2.04. The van der Waals surface area contributed by atoms with Gasteiger partial charge in [-0.1, -0.05) is 0 Å². The number of rotatable bonds is 3. The van der Waals surface area contributed by atoms with Gasteiger partial charge in [-0.25, -0.2) is 9.97 Å². The van der Waals surface area contributed by atoms with Crippen molar-refractivity contribution in [3.63, 3.8) is 0 Å². The second-order valence-electron chi connectivity index (χ2n) is 3.11. The highest BCUT2D eigenvalue weighted by Crippen LogP contribution is 2.15. The zero-order valence-corrected chi connectivity index (χ0v) is 9.16. The number of aromatic nitrogens is 2. The fourth-order valence-corrected chi connectivity index (χ4v) is 1.76. The summed E-state index contributed by atoms with van der Waals surface area (Å²) in [6.07, 6.45) is 1.52. The van der Waals surface area contributed by atoms with E-state index in [1.807, 2.05) is 11.4 Å². The van der Waals surface area contributed by atoms with Gasteiger partial charge >= 0.3 is 0 Å². The van der Waals surface area contributed by atoms with Crippen LogP contribution in [0.1, 0.15) is 11.3 Å². The second kappa shape index (κ2) is 4.59. The molecule has 0 aliphatic carbocycles. The molecule has 3 N–H and O–H groups in total. The van der Waals surface area contributed by atoms with Crippen LogP contribution in [0.4, 0.5) is 11.5 Å². The maximum atomic E-state index is 8.90. The van der Waals surface area contributed by atoms with Gasteiger partial charge in [0.05, 0.1) is 35.2 Å². The summed E-state index contributed by atoms with van der Waals surface area (Å²) in [6, 6.07) is 3.64. The molecule has 0 aliphatic rings. The molecule has 2 heterocycles. The zero-order chi connectivity index (χ0) is 11.4. The molecule has 0 fully saturated rings. The molecule has 0 spiro atoms. The molecular formula is C10H9N5S. The first-order chi connectivity index (χ1) is 7.79. The number of nitrogens with one attached hydrogen (secondary N) is 1. The average Bonchev–Trinajstić information content (AvgIpc) is 2.80. The molecule has 0 radical (unpaired) electrons. The summed E-state index contributed by atoms with van der Waals surface area (Å²) in [5, 5.41) is 13.9. The fourth-order valence-electron chi connectivity index (χ4n) is 1.21. The summed E-state index contributed by atoms with van der Waals surface area (Å²) in [5.74, 6) is 0.532. The van der Waals surface area contributed by atoms with Crippen molar-refractivity contribution in [2.75, 3.05) is 11.1 Å². The summed E-state index contributed by atoms with van der Waals surface area (Å²) in [4.78, 5) is 8.19. The van der Waals surface area contributed by atoms with Gasteiger partial charge in [-0.3, -0.25) is 0 Å². The van der Waals surface area contributed by atoms with Crippen LogP contribution in [0.25, 0.3) is 0 Å². The molecule has 0 bridgehead atoms. The molecule has 2 aromatic heterocycles. The molecule has 0 aliphatic heterocycles. The highest BCUT2D eigenvalue weighted by molar-refractivity contribution is 7.07. The Labute approximate surface area is 96.6 Å². The van der Waals surface area contributed by atoms with Gasteiger partial charge in [0, 0.05) is 5.38 Å². The maximum Gasteiger partial charge on any atom is 0.144 e. The van der Waals surface area contributed by atoms with E-state index in [-0.39, 0.29) is 0 Å². The zero-order valence-electron chi connectivity index (χ0n) is 8.34. The number of hydrogen-bond acceptors (Lipinski definition) is 6. The Morgan fingerprint density at radius 1 is 1.50 bits per heavy atom. The first-order valence-corrected chi connectivity index (χ1v) is 5.50. The van der Waals surface area contributed by atoms with Gasteiger partial charge in [0.25, 0.3) is 0 Å². The van der Waals surface area contributed by atoms with Crippen LogP contribution in [0.3, 0.4) is 0 Å². The number of hydrogen-bond donors (Lipinski definition) is 2. The Balaban J connectivity index is 2.13. The van der Waals surface area contributed by atoms with Crippen molar-refractivity contribution >= 4 is 22.8 Å². The summed E-state index contributed by atoms with van der Waals surface area (Å²) in [6.45, 7) is 0.551. The van der Waals surface area contributed by atoms with Gasteiger partial charge < -0.3 is 11.1 Å². The predicted molar refractivity (Wildman–Crippen MR) is 62.8 cm³/mol. The lowest BCUT2D eigenvalue weighted by molar-refractivity contribution is 1.05. The van der Waals surface area contributed by atoms with E-state index >= 15 is 0 Å². The Bertz CT molecular complexity index is 515. The third-order valence-electron chi connectivity index (χ3n) is 1.95. The maximum absolute atomic E-state index is 8.90. The number of nitrogens with two attached hydrogens (primary N) is 1. The number of pyridine rings is 1. The largest absolute Gasteiger partial charge is 0.397 e. The Hall–Kier alpha value is -2.13. The van der Waals surface area contributed by atoms with Crippen molar-refractivity contribution < 1.29 is 0 Å². The minimum atomic E-state index is 0.440. The summed E-state index contributed by atoms with van der Waals surface area (Å²) >= 11 is 1.53. The molecule has 2 rings (SSSR count). The molecule has 6 heteroatoms. The van der Waals surface area contributed by atoms with E-state index in [0.29, 0.717) is 23.6 Å². The quantitative estimate of drug-likeness (QED) is 0.837. The Morgan fingerprint density at radius 2 is 2.38 bits per heavy atom. The van der Waals surface area contributed by atoms with Crippen LogP contribution in [0.2, 0.25) is 0 Å². The van der Waals surface area contributed by atoms with Crippen molar-refractivity contribution in [1.29, 1.82) is 5.26 Å². The van der Waals surface area contributed by atoms with Crippen LogP contribution in [0.5, 0.6) is 0 Å². The normalized spacial score (nSPS) is 9.69. The minimum Gasteiger partial charge on any atom is -0.397 e. The highest BCUT2D eigenvalue weighted by atomic mass is 32.1. The van der Waals surface area contributed by atoms with Crippen LogP contribution in [-0.2, 0) is 6.54 Å². The van der Waals surface area contributed by atoms with Crippen molar-refractivity contribution in [1.82, 2.24) is 9.97 Å². The van der Waals surface area contributed by atoms with Gasteiger partial charge in [0.15, 0.2) is 0 Å². The molecule has 0 saturated carbocycles. The van der Waals surface area contributed by atoms with Crippen LogP contribution in [0.15, 0.2) is 23.2 Å². The molecule has 2 aromatic rings. The van der Waals surface area contributed by atoms with Crippen molar-refractivity contribution in [2.24, 2.45) is 0 Å². The SMILES string of the molecule is N#Cc1cc(N)cnc1NCc1cscn1. The second-order valence-corrected chi connectivity index (χ2v) is 3.83. The van der Waals surface area contributed by atoms with E-state index in [2.05, 4.69) is 15.3 Å². The fraction of sp³-hybridized carbons (Fsp3) is 0.100. The lowest BCUT2D eigenvalue weighted by atomic mass is 10.2. The first-order valence-electron chi connectivity index (χ1n) is 4.56. The number of anilines is 2. The molecule has 80 valence electrons. The van der Waals surface area contributed by atoms with Gasteiger partial charge in [-0.15, -0.1) is 11.3 Å².